The molecule has 0 unspecified atom stereocenters. The minimum absolute atomic E-state index is 0.0625. The van der Waals surface area contributed by atoms with Crippen molar-refractivity contribution in [2.75, 3.05) is 33.2 Å². The van der Waals surface area contributed by atoms with Gasteiger partial charge in [-0.1, -0.05) is 27.7 Å². The highest BCUT2D eigenvalue weighted by Gasteiger charge is 2.19. The fourth-order valence-electron chi connectivity index (χ4n) is 1.65. The molecule has 0 aliphatic carbocycles. The van der Waals surface area contributed by atoms with E-state index < -0.39 is 0 Å². The molecule has 0 radical (unpaired) electrons. The van der Waals surface area contributed by atoms with Crippen molar-refractivity contribution in [3.05, 3.63) is 0 Å². The Kier molecular flexibility index (Phi) is 7.39. The minimum Gasteiger partial charge on any atom is -0.355 e. The van der Waals surface area contributed by atoms with Crippen LogP contribution in [0.4, 0.5) is 0 Å². The molecular formula is C13H29N3O. The summed E-state index contributed by atoms with van der Waals surface area (Å²) in [5, 5.41) is 2.94. The molecule has 0 bridgehead atoms. The first kappa shape index (κ1) is 16.4. The lowest BCUT2D eigenvalue weighted by atomic mass is 9.93. The van der Waals surface area contributed by atoms with Gasteiger partial charge in [-0.25, -0.2) is 0 Å². The van der Waals surface area contributed by atoms with Gasteiger partial charge in [0.05, 0.1) is 6.54 Å². The van der Waals surface area contributed by atoms with E-state index in [1.54, 1.807) is 0 Å². The summed E-state index contributed by atoms with van der Waals surface area (Å²) in [6.45, 7) is 11.2. The van der Waals surface area contributed by atoms with Gasteiger partial charge in [0.15, 0.2) is 0 Å². The van der Waals surface area contributed by atoms with Crippen LogP contribution < -0.4 is 11.1 Å². The molecule has 0 saturated carbocycles. The molecule has 0 aromatic rings. The van der Waals surface area contributed by atoms with E-state index in [0.29, 0.717) is 19.0 Å². The van der Waals surface area contributed by atoms with E-state index >= 15 is 0 Å². The zero-order chi connectivity index (χ0) is 13.5. The molecule has 0 aliphatic rings. The third-order valence-corrected chi connectivity index (χ3v) is 2.71. The normalized spacial score (nSPS) is 12.2. The average Bonchev–Trinajstić information content (AvgIpc) is 2.15. The second-order valence-electron chi connectivity index (χ2n) is 6.07. The first-order valence-corrected chi connectivity index (χ1v) is 6.42. The predicted octanol–water partition coefficient (Wildman–Crippen LogP) is 1.07. The second-order valence-corrected chi connectivity index (χ2v) is 6.07. The fourth-order valence-corrected chi connectivity index (χ4v) is 1.65. The first-order chi connectivity index (χ1) is 7.76. The van der Waals surface area contributed by atoms with Crippen LogP contribution >= 0.6 is 0 Å². The first-order valence-electron chi connectivity index (χ1n) is 6.42. The molecule has 0 saturated heterocycles. The standard InChI is InChI=1S/C13H29N3O/c1-11(2)6-7-15-12(17)8-16(5)10-13(3,4)9-14/h11H,6-10,14H2,1-5H3,(H,15,17). The van der Waals surface area contributed by atoms with Crippen molar-refractivity contribution >= 4 is 5.91 Å². The molecule has 1 amide bonds. The molecule has 102 valence electrons. The quantitative estimate of drug-likeness (QED) is 0.670. The van der Waals surface area contributed by atoms with Crippen molar-refractivity contribution in [1.29, 1.82) is 0 Å². The number of carbonyl (C=O) groups excluding carboxylic acids is 1. The highest BCUT2D eigenvalue weighted by atomic mass is 16.2. The van der Waals surface area contributed by atoms with E-state index in [0.717, 1.165) is 19.5 Å². The number of likely N-dealkylation sites (N-methyl/N-ethyl adjacent to an activating group) is 1. The molecule has 17 heavy (non-hydrogen) atoms. The van der Waals surface area contributed by atoms with Crippen LogP contribution in [0, 0.1) is 11.3 Å². The molecule has 3 N–H and O–H groups in total. The van der Waals surface area contributed by atoms with Gasteiger partial charge >= 0.3 is 0 Å². The maximum atomic E-state index is 11.6. The van der Waals surface area contributed by atoms with Crippen LogP contribution in [0.5, 0.6) is 0 Å². The number of amides is 1. The lowest BCUT2D eigenvalue weighted by Gasteiger charge is -2.28. The summed E-state index contributed by atoms with van der Waals surface area (Å²) in [5.41, 5.74) is 5.73. The Labute approximate surface area is 106 Å². The lowest BCUT2D eigenvalue weighted by Crippen LogP contribution is -2.42. The SMILES string of the molecule is CC(C)CCNC(=O)CN(C)CC(C)(C)CN. The van der Waals surface area contributed by atoms with Crippen molar-refractivity contribution in [3.63, 3.8) is 0 Å². The van der Waals surface area contributed by atoms with Crippen molar-refractivity contribution in [1.82, 2.24) is 10.2 Å². The Bertz CT molecular complexity index is 227. The van der Waals surface area contributed by atoms with E-state index in [2.05, 4.69) is 33.0 Å². The highest BCUT2D eigenvalue weighted by molar-refractivity contribution is 5.77. The Morgan fingerprint density at radius 2 is 2.00 bits per heavy atom. The summed E-state index contributed by atoms with van der Waals surface area (Å²) < 4.78 is 0. The number of nitrogens with one attached hydrogen (secondary N) is 1. The zero-order valence-electron chi connectivity index (χ0n) is 12.0. The summed E-state index contributed by atoms with van der Waals surface area (Å²) >= 11 is 0. The molecule has 0 heterocycles. The third kappa shape index (κ3) is 9.12. The number of rotatable bonds is 8. The Morgan fingerprint density at radius 1 is 1.41 bits per heavy atom. The third-order valence-electron chi connectivity index (χ3n) is 2.71. The van der Waals surface area contributed by atoms with Crippen molar-refractivity contribution < 1.29 is 4.79 Å². The summed E-state index contributed by atoms with van der Waals surface area (Å²) in [4.78, 5) is 13.7. The Balaban J connectivity index is 3.80. The maximum Gasteiger partial charge on any atom is 0.234 e. The van der Waals surface area contributed by atoms with Gasteiger partial charge in [0.1, 0.15) is 0 Å². The average molecular weight is 243 g/mol. The smallest absolute Gasteiger partial charge is 0.234 e. The van der Waals surface area contributed by atoms with Gasteiger partial charge < -0.3 is 11.1 Å². The topological polar surface area (TPSA) is 58.4 Å². The minimum atomic E-state index is 0.0625. The van der Waals surface area contributed by atoms with Gasteiger partial charge in [0, 0.05) is 13.1 Å². The molecule has 0 spiro atoms. The van der Waals surface area contributed by atoms with Gasteiger partial charge in [-0.2, -0.15) is 0 Å². The second kappa shape index (κ2) is 7.67. The number of carbonyl (C=O) groups is 1. The Morgan fingerprint density at radius 3 is 2.47 bits per heavy atom. The maximum absolute atomic E-state index is 11.6. The van der Waals surface area contributed by atoms with Crippen molar-refractivity contribution in [2.24, 2.45) is 17.1 Å². The van der Waals surface area contributed by atoms with Gasteiger partial charge in [0.2, 0.25) is 5.91 Å². The molecule has 4 heteroatoms. The monoisotopic (exact) mass is 243 g/mol. The number of hydrogen-bond donors (Lipinski definition) is 2. The van der Waals surface area contributed by atoms with Crippen molar-refractivity contribution in [2.45, 2.75) is 34.1 Å². The summed E-state index contributed by atoms with van der Waals surface area (Å²) in [6, 6.07) is 0. The lowest BCUT2D eigenvalue weighted by molar-refractivity contribution is -0.122. The van der Waals surface area contributed by atoms with Crippen molar-refractivity contribution in [3.8, 4) is 0 Å². The van der Waals surface area contributed by atoms with E-state index in [-0.39, 0.29) is 11.3 Å². The molecule has 0 aliphatic heterocycles. The molecule has 0 aromatic carbocycles. The van der Waals surface area contributed by atoms with E-state index in [1.807, 2.05) is 11.9 Å². The van der Waals surface area contributed by atoms with E-state index in [9.17, 15) is 4.79 Å². The molecule has 0 rings (SSSR count). The van der Waals surface area contributed by atoms with Crippen LogP contribution in [0.2, 0.25) is 0 Å². The largest absolute Gasteiger partial charge is 0.355 e. The zero-order valence-corrected chi connectivity index (χ0v) is 12.0. The molecule has 0 fully saturated rings. The molecule has 0 atom stereocenters. The van der Waals surface area contributed by atoms with Crippen LogP contribution in [0.3, 0.4) is 0 Å². The number of nitrogens with zero attached hydrogens (tertiary/aromatic N) is 1. The van der Waals surface area contributed by atoms with Gasteiger partial charge in [0.25, 0.3) is 0 Å². The van der Waals surface area contributed by atoms with Crippen LogP contribution in [0.1, 0.15) is 34.1 Å². The van der Waals surface area contributed by atoms with Crippen LogP contribution in [-0.2, 0) is 4.79 Å². The van der Waals surface area contributed by atoms with Crippen LogP contribution in [-0.4, -0.2) is 44.0 Å². The summed E-state index contributed by atoms with van der Waals surface area (Å²) in [7, 11) is 1.96. The number of hydrogen-bond acceptors (Lipinski definition) is 3. The van der Waals surface area contributed by atoms with Gasteiger partial charge in [-0.15, -0.1) is 0 Å². The van der Waals surface area contributed by atoms with Gasteiger partial charge in [-0.05, 0) is 31.3 Å². The van der Waals surface area contributed by atoms with E-state index in [4.69, 9.17) is 5.73 Å². The fraction of sp³-hybridized carbons (Fsp3) is 0.923. The number of nitrogens with two attached hydrogens (primary N) is 1. The van der Waals surface area contributed by atoms with Crippen LogP contribution in [0.15, 0.2) is 0 Å². The predicted molar refractivity (Wildman–Crippen MR) is 72.8 cm³/mol. The molecule has 0 aromatic heterocycles. The van der Waals surface area contributed by atoms with Gasteiger partial charge in [-0.3, -0.25) is 9.69 Å². The highest BCUT2D eigenvalue weighted by Crippen LogP contribution is 2.13. The Hall–Kier alpha value is -0.610. The van der Waals surface area contributed by atoms with E-state index in [1.165, 1.54) is 0 Å². The molecule has 4 nitrogen and oxygen atoms in total. The summed E-state index contributed by atoms with van der Waals surface area (Å²) in [6.07, 6.45) is 1.03. The summed E-state index contributed by atoms with van der Waals surface area (Å²) in [5.74, 6) is 0.727. The van der Waals surface area contributed by atoms with Crippen LogP contribution in [0.25, 0.3) is 0 Å². The molecular weight excluding hydrogens is 214 g/mol.